The maximum atomic E-state index is 13.1. The summed E-state index contributed by atoms with van der Waals surface area (Å²) in [6, 6.07) is 5.67. The number of allylic oxidation sites excluding steroid dienone is 1. The monoisotopic (exact) mass is 387 g/mol. The molecular formula is C22H30FN3O2. The smallest absolute Gasteiger partial charge is 0.253 e. The zero-order valence-corrected chi connectivity index (χ0v) is 16.5. The number of nitrogens with one attached hydrogen (secondary N) is 1. The Kier molecular flexibility index (Phi) is 7.60. The first-order valence-electron chi connectivity index (χ1n) is 10.3. The number of carbonyl (C=O) groups excluding carboxylic acids is 2. The van der Waals surface area contributed by atoms with Gasteiger partial charge in [0.25, 0.3) is 5.91 Å². The van der Waals surface area contributed by atoms with Crippen LogP contribution in [0.1, 0.15) is 48.9 Å². The molecule has 0 bridgehead atoms. The number of carbonyl (C=O) groups is 2. The van der Waals surface area contributed by atoms with Crippen molar-refractivity contribution in [3.8, 4) is 0 Å². The van der Waals surface area contributed by atoms with Crippen LogP contribution in [-0.2, 0) is 4.79 Å². The van der Waals surface area contributed by atoms with Gasteiger partial charge in [0.15, 0.2) is 0 Å². The van der Waals surface area contributed by atoms with Crippen molar-refractivity contribution in [2.45, 2.75) is 38.5 Å². The van der Waals surface area contributed by atoms with E-state index in [2.05, 4.69) is 16.3 Å². The quantitative estimate of drug-likeness (QED) is 0.764. The van der Waals surface area contributed by atoms with Gasteiger partial charge >= 0.3 is 0 Å². The van der Waals surface area contributed by atoms with Gasteiger partial charge in [0.1, 0.15) is 5.82 Å². The van der Waals surface area contributed by atoms with Crippen molar-refractivity contribution in [2.75, 3.05) is 39.3 Å². The standard InChI is InChI=1S/C22H30FN3O2/c23-20-9-7-19(8-10-20)22(28)26-14-4-13-25(15-16-26)17-21(27)24-12-11-18-5-2-1-3-6-18/h5,7-10H,1-4,6,11-17H2,(H,24,27). The predicted octanol–water partition coefficient (Wildman–Crippen LogP) is 2.98. The Labute approximate surface area is 166 Å². The van der Waals surface area contributed by atoms with Crippen LogP contribution in [0.25, 0.3) is 0 Å². The Bertz CT molecular complexity index is 702. The van der Waals surface area contributed by atoms with E-state index in [0.29, 0.717) is 38.3 Å². The molecule has 0 saturated carbocycles. The average Bonchev–Trinajstić information content (AvgIpc) is 2.94. The van der Waals surface area contributed by atoms with Crippen LogP contribution in [0, 0.1) is 5.82 Å². The molecule has 1 aromatic rings. The highest BCUT2D eigenvalue weighted by Gasteiger charge is 2.21. The fraction of sp³-hybridized carbons (Fsp3) is 0.545. The van der Waals surface area contributed by atoms with Gasteiger partial charge in [-0.05, 0) is 62.8 Å². The highest BCUT2D eigenvalue weighted by Crippen LogP contribution is 2.19. The van der Waals surface area contributed by atoms with Gasteiger partial charge < -0.3 is 10.2 Å². The second kappa shape index (κ2) is 10.4. The predicted molar refractivity (Wildman–Crippen MR) is 108 cm³/mol. The van der Waals surface area contributed by atoms with Crippen LogP contribution >= 0.6 is 0 Å². The van der Waals surface area contributed by atoms with E-state index in [-0.39, 0.29) is 17.6 Å². The Balaban J connectivity index is 1.40. The molecule has 0 aromatic heterocycles. The third-order valence-electron chi connectivity index (χ3n) is 5.49. The van der Waals surface area contributed by atoms with E-state index >= 15 is 0 Å². The van der Waals surface area contributed by atoms with Crippen molar-refractivity contribution in [3.63, 3.8) is 0 Å². The first kappa shape index (κ1) is 20.5. The fourth-order valence-corrected chi connectivity index (χ4v) is 3.86. The van der Waals surface area contributed by atoms with E-state index in [4.69, 9.17) is 0 Å². The molecular weight excluding hydrogens is 357 g/mol. The Hall–Kier alpha value is -2.21. The van der Waals surface area contributed by atoms with E-state index < -0.39 is 0 Å². The number of amides is 2. The molecule has 152 valence electrons. The SMILES string of the molecule is O=C(CN1CCCN(C(=O)c2ccc(F)cc2)CC1)NCCC1=CCCCC1. The lowest BCUT2D eigenvalue weighted by atomic mass is 9.97. The Morgan fingerprint density at radius 2 is 1.82 bits per heavy atom. The number of hydrogen-bond donors (Lipinski definition) is 1. The average molecular weight is 387 g/mol. The first-order valence-corrected chi connectivity index (χ1v) is 10.3. The number of hydrogen-bond acceptors (Lipinski definition) is 3. The van der Waals surface area contributed by atoms with Gasteiger partial charge in [-0.2, -0.15) is 0 Å². The van der Waals surface area contributed by atoms with Crippen LogP contribution in [-0.4, -0.2) is 60.9 Å². The van der Waals surface area contributed by atoms with Gasteiger partial charge in [0.05, 0.1) is 6.54 Å². The second-order valence-corrected chi connectivity index (χ2v) is 7.64. The van der Waals surface area contributed by atoms with Crippen LogP contribution in [0.5, 0.6) is 0 Å². The molecule has 2 aliphatic rings. The van der Waals surface area contributed by atoms with Crippen LogP contribution in [0.4, 0.5) is 4.39 Å². The van der Waals surface area contributed by atoms with E-state index in [1.165, 1.54) is 55.5 Å². The highest BCUT2D eigenvalue weighted by molar-refractivity contribution is 5.94. The number of halogens is 1. The van der Waals surface area contributed by atoms with Crippen LogP contribution in [0.3, 0.4) is 0 Å². The second-order valence-electron chi connectivity index (χ2n) is 7.64. The highest BCUT2D eigenvalue weighted by atomic mass is 19.1. The van der Waals surface area contributed by atoms with E-state index in [1.54, 1.807) is 4.90 Å². The summed E-state index contributed by atoms with van der Waals surface area (Å²) in [5.74, 6) is -0.369. The molecule has 1 heterocycles. The third-order valence-corrected chi connectivity index (χ3v) is 5.49. The summed E-state index contributed by atoms with van der Waals surface area (Å²) in [4.78, 5) is 28.7. The van der Waals surface area contributed by atoms with Crippen molar-refractivity contribution in [1.29, 1.82) is 0 Å². The number of nitrogens with zero attached hydrogens (tertiary/aromatic N) is 2. The summed E-state index contributed by atoms with van der Waals surface area (Å²) in [6.45, 7) is 3.78. The molecule has 28 heavy (non-hydrogen) atoms. The maximum Gasteiger partial charge on any atom is 0.253 e. The summed E-state index contributed by atoms with van der Waals surface area (Å²) < 4.78 is 13.1. The maximum absolute atomic E-state index is 13.1. The van der Waals surface area contributed by atoms with Gasteiger partial charge in [-0.1, -0.05) is 11.6 Å². The normalized spacial score (nSPS) is 18.3. The molecule has 5 nitrogen and oxygen atoms in total. The summed E-state index contributed by atoms with van der Waals surface area (Å²) >= 11 is 0. The van der Waals surface area contributed by atoms with Crippen molar-refractivity contribution < 1.29 is 14.0 Å². The first-order chi connectivity index (χ1) is 13.6. The minimum atomic E-state index is -0.343. The van der Waals surface area contributed by atoms with Gasteiger partial charge in [0, 0.05) is 38.3 Å². The third kappa shape index (κ3) is 6.16. The van der Waals surface area contributed by atoms with Crippen molar-refractivity contribution >= 4 is 11.8 Å². The molecule has 3 rings (SSSR count). The minimum Gasteiger partial charge on any atom is -0.355 e. The number of rotatable bonds is 6. The van der Waals surface area contributed by atoms with E-state index in [0.717, 1.165) is 19.4 Å². The summed E-state index contributed by atoms with van der Waals surface area (Å²) in [6.07, 6.45) is 8.98. The van der Waals surface area contributed by atoms with Crippen LogP contribution < -0.4 is 5.32 Å². The largest absolute Gasteiger partial charge is 0.355 e. The zero-order valence-electron chi connectivity index (χ0n) is 16.5. The van der Waals surface area contributed by atoms with E-state index in [1.807, 2.05) is 0 Å². The molecule has 1 saturated heterocycles. The van der Waals surface area contributed by atoms with Crippen LogP contribution in [0.2, 0.25) is 0 Å². The summed E-state index contributed by atoms with van der Waals surface area (Å²) in [7, 11) is 0. The fourth-order valence-electron chi connectivity index (χ4n) is 3.86. The van der Waals surface area contributed by atoms with Gasteiger partial charge in [0.2, 0.25) is 5.91 Å². The molecule has 0 unspecified atom stereocenters. The molecule has 1 fully saturated rings. The molecule has 0 spiro atoms. The van der Waals surface area contributed by atoms with Gasteiger partial charge in [-0.3, -0.25) is 14.5 Å². The Morgan fingerprint density at radius 3 is 2.57 bits per heavy atom. The topological polar surface area (TPSA) is 52.7 Å². The summed E-state index contributed by atoms with van der Waals surface area (Å²) in [5, 5.41) is 3.03. The van der Waals surface area contributed by atoms with Gasteiger partial charge in [-0.25, -0.2) is 4.39 Å². The molecule has 1 aliphatic heterocycles. The Morgan fingerprint density at radius 1 is 1.00 bits per heavy atom. The lowest BCUT2D eigenvalue weighted by molar-refractivity contribution is -0.122. The molecule has 6 heteroatoms. The van der Waals surface area contributed by atoms with Crippen LogP contribution in [0.15, 0.2) is 35.9 Å². The summed E-state index contributed by atoms with van der Waals surface area (Å²) in [5.41, 5.74) is 1.97. The molecule has 0 radical (unpaired) electrons. The number of benzene rings is 1. The van der Waals surface area contributed by atoms with Crippen molar-refractivity contribution in [1.82, 2.24) is 15.1 Å². The van der Waals surface area contributed by atoms with Crippen molar-refractivity contribution in [3.05, 3.63) is 47.3 Å². The molecule has 1 N–H and O–H groups in total. The lowest BCUT2D eigenvalue weighted by Crippen LogP contribution is -2.40. The molecule has 1 aliphatic carbocycles. The zero-order chi connectivity index (χ0) is 19.8. The molecule has 1 aromatic carbocycles. The van der Waals surface area contributed by atoms with Crippen molar-refractivity contribution in [2.24, 2.45) is 0 Å². The van der Waals surface area contributed by atoms with E-state index in [9.17, 15) is 14.0 Å². The molecule has 0 atom stereocenters. The molecule has 2 amide bonds. The van der Waals surface area contributed by atoms with Gasteiger partial charge in [-0.15, -0.1) is 0 Å². The minimum absolute atomic E-state index is 0.0507. The lowest BCUT2D eigenvalue weighted by Gasteiger charge is -2.22.